The smallest absolute Gasteiger partial charge is 0.253 e. The van der Waals surface area contributed by atoms with E-state index in [2.05, 4.69) is 0 Å². The van der Waals surface area contributed by atoms with Crippen molar-refractivity contribution < 1.29 is 9.59 Å². The van der Waals surface area contributed by atoms with Gasteiger partial charge in [0.1, 0.15) is 0 Å². The summed E-state index contributed by atoms with van der Waals surface area (Å²) in [5.41, 5.74) is 1.51. The SMILES string of the molecule is CN(Cc1ccccc1Cl)C(=O)C1CCCN(C(=O)c2ccc(Cl)cc2)C1. The van der Waals surface area contributed by atoms with E-state index in [1.807, 2.05) is 24.3 Å². The number of piperidine rings is 1. The summed E-state index contributed by atoms with van der Waals surface area (Å²) in [7, 11) is 1.78. The van der Waals surface area contributed by atoms with E-state index in [0.29, 0.717) is 35.2 Å². The minimum absolute atomic E-state index is 0.0449. The monoisotopic (exact) mass is 404 g/mol. The highest BCUT2D eigenvalue weighted by Crippen LogP contribution is 2.23. The van der Waals surface area contributed by atoms with Crippen molar-refractivity contribution >= 4 is 35.0 Å². The second-order valence-electron chi connectivity index (χ2n) is 6.88. The van der Waals surface area contributed by atoms with Crippen LogP contribution in [0, 0.1) is 5.92 Å². The lowest BCUT2D eigenvalue weighted by molar-refractivity contribution is -0.136. The number of likely N-dealkylation sites (tertiary alicyclic amines) is 1. The largest absolute Gasteiger partial charge is 0.341 e. The lowest BCUT2D eigenvalue weighted by Gasteiger charge is -2.34. The standard InChI is InChI=1S/C21H22Cl2N2O2/c1-24(13-16-5-2-3-7-19(16)23)20(26)17-6-4-12-25(14-17)21(27)15-8-10-18(22)11-9-15/h2-3,5,7-11,17H,4,6,12-14H2,1H3. The number of rotatable bonds is 4. The first-order valence-corrected chi connectivity index (χ1v) is 9.74. The highest BCUT2D eigenvalue weighted by Gasteiger charge is 2.30. The lowest BCUT2D eigenvalue weighted by Crippen LogP contribution is -2.45. The number of carbonyl (C=O) groups is 2. The predicted octanol–water partition coefficient (Wildman–Crippen LogP) is 4.50. The number of nitrogens with zero attached hydrogens (tertiary/aromatic N) is 2. The molecular weight excluding hydrogens is 383 g/mol. The van der Waals surface area contributed by atoms with Crippen LogP contribution in [0.3, 0.4) is 0 Å². The molecule has 2 amide bonds. The molecule has 4 nitrogen and oxygen atoms in total. The minimum Gasteiger partial charge on any atom is -0.341 e. The maximum absolute atomic E-state index is 12.9. The molecule has 0 radical (unpaired) electrons. The summed E-state index contributed by atoms with van der Waals surface area (Å²) in [6, 6.07) is 14.4. The van der Waals surface area contributed by atoms with E-state index >= 15 is 0 Å². The zero-order chi connectivity index (χ0) is 19.4. The van der Waals surface area contributed by atoms with Gasteiger partial charge in [0, 0.05) is 42.3 Å². The van der Waals surface area contributed by atoms with Crippen molar-refractivity contribution in [1.29, 1.82) is 0 Å². The van der Waals surface area contributed by atoms with Crippen LogP contribution in [0.2, 0.25) is 10.0 Å². The molecule has 0 N–H and O–H groups in total. The summed E-state index contributed by atoms with van der Waals surface area (Å²) >= 11 is 12.1. The molecule has 1 fully saturated rings. The Morgan fingerprint density at radius 2 is 1.81 bits per heavy atom. The molecule has 1 aliphatic heterocycles. The van der Waals surface area contributed by atoms with E-state index in [9.17, 15) is 9.59 Å². The van der Waals surface area contributed by atoms with Crippen LogP contribution in [0.15, 0.2) is 48.5 Å². The average molecular weight is 405 g/mol. The third-order valence-corrected chi connectivity index (χ3v) is 5.51. The van der Waals surface area contributed by atoms with E-state index in [1.165, 1.54) is 0 Å². The Morgan fingerprint density at radius 3 is 2.52 bits per heavy atom. The molecule has 0 spiro atoms. The van der Waals surface area contributed by atoms with Gasteiger partial charge in [0.2, 0.25) is 5.91 Å². The Bertz CT molecular complexity index is 823. The van der Waals surface area contributed by atoms with Gasteiger partial charge in [0.15, 0.2) is 0 Å². The van der Waals surface area contributed by atoms with Crippen LogP contribution in [-0.4, -0.2) is 41.8 Å². The van der Waals surface area contributed by atoms with Crippen molar-refractivity contribution in [3.05, 3.63) is 69.7 Å². The molecule has 2 aromatic carbocycles. The molecule has 1 aliphatic rings. The Labute approximate surface area is 169 Å². The van der Waals surface area contributed by atoms with Gasteiger partial charge in [-0.1, -0.05) is 41.4 Å². The topological polar surface area (TPSA) is 40.6 Å². The minimum atomic E-state index is -0.192. The fourth-order valence-corrected chi connectivity index (χ4v) is 3.73. The number of amides is 2. The fourth-order valence-electron chi connectivity index (χ4n) is 3.41. The lowest BCUT2D eigenvalue weighted by atomic mass is 9.95. The fraction of sp³-hybridized carbons (Fsp3) is 0.333. The van der Waals surface area contributed by atoms with Gasteiger partial charge in [-0.3, -0.25) is 9.59 Å². The first-order valence-electron chi connectivity index (χ1n) is 8.99. The molecule has 142 valence electrons. The molecule has 2 aromatic rings. The number of hydrogen-bond donors (Lipinski definition) is 0. The Kier molecular flexibility index (Phi) is 6.40. The quantitative estimate of drug-likeness (QED) is 0.752. The summed E-state index contributed by atoms with van der Waals surface area (Å²) in [5.74, 6) is -0.205. The third kappa shape index (κ3) is 4.82. The number of benzene rings is 2. The second-order valence-corrected chi connectivity index (χ2v) is 7.73. The van der Waals surface area contributed by atoms with Crippen LogP contribution in [0.25, 0.3) is 0 Å². The van der Waals surface area contributed by atoms with Crippen LogP contribution < -0.4 is 0 Å². The highest BCUT2D eigenvalue weighted by atomic mass is 35.5. The van der Waals surface area contributed by atoms with Gasteiger partial charge in [-0.15, -0.1) is 0 Å². The van der Waals surface area contributed by atoms with Crippen LogP contribution in [-0.2, 0) is 11.3 Å². The normalized spacial score (nSPS) is 16.9. The van der Waals surface area contributed by atoms with Crippen molar-refractivity contribution in [2.45, 2.75) is 19.4 Å². The molecule has 0 aromatic heterocycles. The van der Waals surface area contributed by atoms with Gasteiger partial charge < -0.3 is 9.80 Å². The van der Waals surface area contributed by atoms with Crippen LogP contribution in [0.4, 0.5) is 0 Å². The van der Waals surface area contributed by atoms with Crippen molar-refractivity contribution in [1.82, 2.24) is 9.80 Å². The molecule has 0 aliphatic carbocycles. The van der Waals surface area contributed by atoms with Gasteiger partial charge in [-0.2, -0.15) is 0 Å². The van der Waals surface area contributed by atoms with Crippen molar-refractivity contribution in [2.24, 2.45) is 5.92 Å². The first-order chi connectivity index (χ1) is 13.0. The Hall–Kier alpha value is -2.04. The molecule has 3 rings (SSSR count). The predicted molar refractivity (Wildman–Crippen MR) is 108 cm³/mol. The van der Waals surface area contributed by atoms with Crippen LogP contribution >= 0.6 is 23.2 Å². The zero-order valence-electron chi connectivity index (χ0n) is 15.2. The zero-order valence-corrected chi connectivity index (χ0v) is 16.7. The molecule has 6 heteroatoms. The van der Waals surface area contributed by atoms with Gasteiger partial charge in [0.25, 0.3) is 5.91 Å². The first kappa shape index (κ1) is 19.7. The summed E-state index contributed by atoms with van der Waals surface area (Å²) in [4.78, 5) is 29.1. The number of halogens is 2. The highest BCUT2D eigenvalue weighted by molar-refractivity contribution is 6.31. The van der Waals surface area contributed by atoms with Gasteiger partial charge in [0.05, 0.1) is 5.92 Å². The maximum atomic E-state index is 12.9. The van der Waals surface area contributed by atoms with E-state index < -0.39 is 0 Å². The molecule has 1 heterocycles. The van der Waals surface area contributed by atoms with E-state index in [1.54, 1.807) is 41.1 Å². The Morgan fingerprint density at radius 1 is 1.11 bits per heavy atom. The Balaban J connectivity index is 1.64. The van der Waals surface area contributed by atoms with Crippen molar-refractivity contribution in [2.75, 3.05) is 20.1 Å². The second kappa shape index (κ2) is 8.77. The summed E-state index contributed by atoms with van der Waals surface area (Å²) in [6.07, 6.45) is 1.60. The van der Waals surface area contributed by atoms with Gasteiger partial charge >= 0.3 is 0 Å². The van der Waals surface area contributed by atoms with E-state index in [0.717, 1.165) is 18.4 Å². The van der Waals surface area contributed by atoms with E-state index in [-0.39, 0.29) is 17.7 Å². The molecular formula is C21H22Cl2N2O2. The maximum Gasteiger partial charge on any atom is 0.253 e. The molecule has 1 atom stereocenters. The molecule has 1 unspecified atom stereocenters. The van der Waals surface area contributed by atoms with Gasteiger partial charge in [-0.05, 0) is 48.7 Å². The van der Waals surface area contributed by atoms with Crippen molar-refractivity contribution in [3.63, 3.8) is 0 Å². The summed E-state index contributed by atoms with van der Waals surface area (Å²) in [5, 5.41) is 1.25. The molecule has 1 saturated heterocycles. The van der Waals surface area contributed by atoms with Gasteiger partial charge in [-0.25, -0.2) is 0 Å². The number of carbonyl (C=O) groups excluding carboxylic acids is 2. The molecule has 27 heavy (non-hydrogen) atoms. The summed E-state index contributed by atoms with van der Waals surface area (Å²) < 4.78 is 0. The average Bonchev–Trinajstić information content (AvgIpc) is 2.69. The van der Waals surface area contributed by atoms with Crippen molar-refractivity contribution in [3.8, 4) is 0 Å². The van der Waals surface area contributed by atoms with Crippen LogP contribution in [0.5, 0.6) is 0 Å². The third-order valence-electron chi connectivity index (χ3n) is 4.89. The van der Waals surface area contributed by atoms with E-state index in [4.69, 9.17) is 23.2 Å². The number of hydrogen-bond acceptors (Lipinski definition) is 2. The van der Waals surface area contributed by atoms with Crippen LogP contribution in [0.1, 0.15) is 28.8 Å². The molecule has 0 bridgehead atoms. The summed E-state index contributed by atoms with van der Waals surface area (Å²) in [6.45, 7) is 1.56. The molecule has 0 saturated carbocycles.